The maximum Gasteiger partial charge on any atom is 0.325 e. The molecule has 0 bridgehead atoms. The topological polar surface area (TPSA) is 128 Å². The normalized spacial score (nSPS) is 11.3. The van der Waals surface area contributed by atoms with Crippen LogP contribution in [0.3, 0.4) is 0 Å². The number of carbonyl (C=O) groups excluding carboxylic acids is 3. The molecule has 2 rings (SSSR count). The molecule has 0 spiro atoms. The molecule has 9 nitrogen and oxygen atoms in total. The molecule has 0 saturated heterocycles. The summed E-state index contributed by atoms with van der Waals surface area (Å²) in [4.78, 5) is 46.2. The van der Waals surface area contributed by atoms with Crippen molar-refractivity contribution in [1.82, 2.24) is 5.32 Å². The zero-order chi connectivity index (χ0) is 22.1. The molecule has 0 aliphatic carbocycles. The third kappa shape index (κ3) is 7.21. The number of nitro benzene ring substituents is 1. The summed E-state index contributed by atoms with van der Waals surface area (Å²) in [5.74, 6) is -1.06. The van der Waals surface area contributed by atoms with Gasteiger partial charge in [0.2, 0.25) is 11.8 Å². The molecule has 158 valence electrons. The summed E-state index contributed by atoms with van der Waals surface area (Å²) in [5, 5.41) is 15.5. The predicted octanol–water partition coefficient (Wildman–Crippen LogP) is 2.55. The highest BCUT2D eigenvalue weighted by Crippen LogP contribution is 2.26. The van der Waals surface area contributed by atoms with E-state index in [9.17, 15) is 24.5 Å². The summed E-state index contributed by atoms with van der Waals surface area (Å²) >= 11 is 1.29. The standard InChI is InChI=1S/C20H21N3O6S/c1-13(30-17-9-7-16(8-10-17)23(27)28)20(26)22-15-5-3-14(4-6-15)11-18(24)21-12-19(25)29-2/h3-10,13H,11-12H2,1-2H3,(H,21,24)(H,22,26). The zero-order valence-corrected chi connectivity index (χ0v) is 17.2. The fraction of sp³-hybridized carbons (Fsp3) is 0.250. The van der Waals surface area contributed by atoms with Crippen molar-refractivity contribution in [2.45, 2.75) is 23.5 Å². The minimum absolute atomic E-state index is 0.00415. The van der Waals surface area contributed by atoms with Gasteiger partial charge in [-0.25, -0.2) is 0 Å². The number of carbonyl (C=O) groups is 3. The first kappa shape index (κ1) is 22.9. The van der Waals surface area contributed by atoms with E-state index in [1.54, 1.807) is 43.3 Å². The Morgan fingerprint density at radius 1 is 1.10 bits per heavy atom. The van der Waals surface area contributed by atoms with Gasteiger partial charge < -0.3 is 15.4 Å². The largest absolute Gasteiger partial charge is 0.468 e. The van der Waals surface area contributed by atoms with Crippen molar-refractivity contribution in [1.29, 1.82) is 0 Å². The molecule has 30 heavy (non-hydrogen) atoms. The lowest BCUT2D eigenvalue weighted by atomic mass is 10.1. The van der Waals surface area contributed by atoms with E-state index < -0.39 is 16.1 Å². The van der Waals surface area contributed by atoms with E-state index in [2.05, 4.69) is 15.4 Å². The Bertz CT molecular complexity index is 915. The fourth-order valence-corrected chi connectivity index (χ4v) is 3.21. The van der Waals surface area contributed by atoms with Gasteiger partial charge in [-0.1, -0.05) is 12.1 Å². The third-order valence-electron chi connectivity index (χ3n) is 3.97. The van der Waals surface area contributed by atoms with Crippen molar-refractivity contribution in [2.75, 3.05) is 19.0 Å². The van der Waals surface area contributed by atoms with Crippen LogP contribution in [0, 0.1) is 10.1 Å². The van der Waals surface area contributed by atoms with Gasteiger partial charge in [-0.05, 0) is 36.8 Å². The van der Waals surface area contributed by atoms with E-state index in [1.807, 2.05) is 0 Å². The van der Waals surface area contributed by atoms with Gasteiger partial charge in [0, 0.05) is 22.7 Å². The predicted molar refractivity (Wildman–Crippen MR) is 112 cm³/mol. The molecule has 1 unspecified atom stereocenters. The van der Waals surface area contributed by atoms with Crippen LogP contribution in [0.15, 0.2) is 53.4 Å². The van der Waals surface area contributed by atoms with Gasteiger partial charge >= 0.3 is 5.97 Å². The van der Waals surface area contributed by atoms with Crippen LogP contribution in [0.4, 0.5) is 11.4 Å². The van der Waals surface area contributed by atoms with E-state index in [1.165, 1.54) is 31.0 Å². The number of hydrogen-bond acceptors (Lipinski definition) is 7. The van der Waals surface area contributed by atoms with Crippen LogP contribution >= 0.6 is 11.8 Å². The Balaban J connectivity index is 1.85. The monoisotopic (exact) mass is 431 g/mol. The van der Waals surface area contributed by atoms with Crippen molar-refractivity contribution in [3.8, 4) is 0 Å². The number of nitro groups is 1. The number of rotatable bonds is 9. The van der Waals surface area contributed by atoms with Crippen molar-refractivity contribution < 1.29 is 24.0 Å². The minimum Gasteiger partial charge on any atom is -0.468 e. The highest BCUT2D eigenvalue weighted by molar-refractivity contribution is 8.00. The van der Waals surface area contributed by atoms with Gasteiger partial charge in [0.1, 0.15) is 6.54 Å². The van der Waals surface area contributed by atoms with Gasteiger partial charge in [0.05, 0.1) is 23.7 Å². The Hall–Kier alpha value is -3.40. The summed E-state index contributed by atoms with van der Waals surface area (Å²) in [6.45, 7) is 1.55. The van der Waals surface area contributed by atoms with Crippen LogP contribution in [-0.4, -0.2) is 41.6 Å². The number of non-ortho nitro benzene ring substituents is 1. The first-order chi connectivity index (χ1) is 14.3. The van der Waals surface area contributed by atoms with Crippen molar-refractivity contribution in [3.05, 3.63) is 64.2 Å². The lowest BCUT2D eigenvalue weighted by Gasteiger charge is -2.12. The van der Waals surface area contributed by atoms with Crippen LogP contribution < -0.4 is 10.6 Å². The highest BCUT2D eigenvalue weighted by Gasteiger charge is 2.15. The molecular formula is C20H21N3O6S. The van der Waals surface area contributed by atoms with Crippen LogP contribution in [0.1, 0.15) is 12.5 Å². The maximum atomic E-state index is 12.4. The van der Waals surface area contributed by atoms with Gasteiger partial charge in [0.15, 0.2) is 0 Å². The second-order valence-corrected chi connectivity index (χ2v) is 7.64. The Morgan fingerprint density at radius 3 is 2.30 bits per heavy atom. The molecule has 0 aliphatic heterocycles. The maximum absolute atomic E-state index is 12.4. The number of hydrogen-bond donors (Lipinski definition) is 2. The molecule has 0 fully saturated rings. The number of thioether (sulfide) groups is 1. The Kier molecular flexibility index (Phi) is 8.36. The Labute approximate surface area is 177 Å². The molecule has 0 aliphatic rings. The summed E-state index contributed by atoms with van der Waals surface area (Å²) in [7, 11) is 1.24. The van der Waals surface area contributed by atoms with Crippen molar-refractivity contribution in [3.63, 3.8) is 0 Å². The number of amides is 2. The van der Waals surface area contributed by atoms with Crippen LogP contribution in [0.25, 0.3) is 0 Å². The van der Waals surface area contributed by atoms with Gasteiger partial charge in [-0.3, -0.25) is 24.5 Å². The molecule has 0 heterocycles. The molecule has 0 saturated carbocycles. The average molecular weight is 431 g/mol. The SMILES string of the molecule is COC(=O)CNC(=O)Cc1ccc(NC(=O)C(C)Sc2ccc([N+](=O)[O-])cc2)cc1. The van der Waals surface area contributed by atoms with Crippen LogP contribution in [0.2, 0.25) is 0 Å². The number of anilines is 1. The number of benzene rings is 2. The molecule has 0 radical (unpaired) electrons. The van der Waals surface area contributed by atoms with E-state index in [0.29, 0.717) is 5.69 Å². The molecule has 10 heteroatoms. The minimum atomic E-state index is -0.526. The lowest BCUT2D eigenvalue weighted by Crippen LogP contribution is -2.31. The number of ether oxygens (including phenoxy) is 1. The van der Waals surface area contributed by atoms with Gasteiger partial charge in [-0.15, -0.1) is 11.8 Å². The second kappa shape index (κ2) is 11.0. The molecule has 0 aromatic heterocycles. The molecule has 2 aromatic rings. The fourth-order valence-electron chi connectivity index (χ4n) is 2.34. The Morgan fingerprint density at radius 2 is 1.73 bits per heavy atom. The van der Waals surface area contributed by atoms with Crippen molar-refractivity contribution in [2.24, 2.45) is 0 Å². The van der Waals surface area contributed by atoms with E-state index >= 15 is 0 Å². The van der Waals surface area contributed by atoms with Crippen LogP contribution in [0.5, 0.6) is 0 Å². The van der Waals surface area contributed by atoms with E-state index in [0.717, 1.165) is 10.5 Å². The molecule has 1 atom stereocenters. The van der Waals surface area contributed by atoms with Gasteiger partial charge in [0.25, 0.3) is 5.69 Å². The van der Waals surface area contributed by atoms with Crippen molar-refractivity contribution >= 4 is 40.9 Å². The molecule has 2 N–H and O–H groups in total. The van der Waals surface area contributed by atoms with E-state index in [-0.39, 0.29) is 30.5 Å². The molecule has 2 aromatic carbocycles. The number of methoxy groups -OCH3 is 1. The highest BCUT2D eigenvalue weighted by atomic mass is 32.2. The third-order valence-corrected chi connectivity index (χ3v) is 5.09. The summed E-state index contributed by atoms with van der Waals surface area (Å²) < 4.78 is 4.45. The number of nitrogens with zero attached hydrogens (tertiary/aromatic N) is 1. The zero-order valence-electron chi connectivity index (χ0n) is 16.4. The quantitative estimate of drug-likeness (QED) is 0.270. The summed E-state index contributed by atoms with van der Waals surface area (Å²) in [5.41, 5.74) is 1.30. The average Bonchev–Trinajstić information content (AvgIpc) is 2.73. The number of nitrogens with one attached hydrogen (secondary N) is 2. The smallest absolute Gasteiger partial charge is 0.325 e. The first-order valence-corrected chi connectivity index (χ1v) is 9.81. The number of esters is 1. The summed E-state index contributed by atoms with van der Waals surface area (Å²) in [6, 6.07) is 12.8. The van der Waals surface area contributed by atoms with Crippen LogP contribution in [-0.2, 0) is 25.5 Å². The molecule has 2 amide bonds. The summed E-state index contributed by atoms with van der Waals surface area (Å²) in [6.07, 6.45) is 0.0949. The van der Waals surface area contributed by atoms with E-state index in [4.69, 9.17) is 0 Å². The van der Waals surface area contributed by atoms with Gasteiger partial charge in [-0.2, -0.15) is 0 Å². The lowest BCUT2D eigenvalue weighted by molar-refractivity contribution is -0.384. The molecular weight excluding hydrogens is 410 g/mol. The first-order valence-electron chi connectivity index (χ1n) is 8.93. The second-order valence-electron chi connectivity index (χ2n) is 6.23.